The number of oxazole rings is 1. The highest BCUT2D eigenvalue weighted by molar-refractivity contribution is 5.81. The second-order valence-electron chi connectivity index (χ2n) is 6.92. The minimum absolute atomic E-state index is 0.200. The van der Waals surface area contributed by atoms with Gasteiger partial charge in [0.15, 0.2) is 0 Å². The Hall–Kier alpha value is -3.39. The SMILES string of the molecule is CC(C)(C)c1nc(C#N)c(NN=Cc2ccc(-c3ccccc3)cc2)o1. The largest absolute Gasteiger partial charge is 0.421 e. The van der Waals surface area contributed by atoms with E-state index < -0.39 is 0 Å². The summed E-state index contributed by atoms with van der Waals surface area (Å²) in [4.78, 5) is 4.21. The van der Waals surface area contributed by atoms with Gasteiger partial charge in [-0.05, 0) is 16.7 Å². The first-order valence-corrected chi connectivity index (χ1v) is 8.33. The maximum absolute atomic E-state index is 9.19. The summed E-state index contributed by atoms with van der Waals surface area (Å²) in [5.41, 5.74) is 5.95. The number of nitriles is 1. The fraction of sp³-hybridized carbons (Fsp3) is 0.190. The number of rotatable bonds is 4. The van der Waals surface area contributed by atoms with Crippen molar-refractivity contribution < 1.29 is 4.42 Å². The van der Waals surface area contributed by atoms with Crippen molar-refractivity contribution in [2.24, 2.45) is 5.10 Å². The lowest BCUT2D eigenvalue weighted by Gasteiger charge is -2.11. The summed E-state index contributed by atoms with van der Waals surface area (Å²) in [5.74, 6) is 0.758. The average Bonchev–Trinajstić information content (AvgIpc) is 3.07. The Balaban J connectivity index is 1.71. The predicted octanol–water partition coefficient (Wildman–Crippen LogP) is 4.96. The molecule has 0 radical (unpaired) electrons. The fourth-order valence-corrected chi connectivity index (χ4v) is 2.35. The van der Waals surface area contributed by atoms with Crippen molar-refractivity contribution in [2.75, 3.05) is 5.43 Å². The molecule has 130 valence electrons. The van der Waals surface area contributed by atoms with Crippen LogP contribution in [0, 0.1) is 11.3 Å². The first-order chi connectivity index (χ1) is 12.5. The monoisotopic (exact) mass is 344 g/mol. The van der Waals surface area contributed by atoms with Gasteiger partial charge in [-0.15, -0.1) is 0 Å². The van der Waals surface area contributed by atoms with Gasteiger partial charge in [-0.2, -0.15) is 15.3 Å². The van der Waals surface area contributed by atoms with E-state index in [1.807, 2.05) is 69.3 Å². The van der Waals surface area contributed by atoms with Gasteiger partial charge in [-0.3, -0.25) is 0 Å². The highest BCUT2D eigenvalue weighted by Gasteiger charge is 2.23. The Bertz CT molecular complexity index is 942. The molecule has 0 fully saturated rings. The molecule has 0 aliphatic carbocycles. The molecule has 1 N–H and O–H groups in total. The molecule has 5 heteroatoms. The molecule has 1 heterocycles. The van der Waals surface area contributed by atoms with Gasteiger partial charge in [0.25, 0.3) is 5.88 Å². The summed E-state index contributed by atoms with van der Waals surface area (Å²) in [7, 11) is 0. The second kappa shape index (κ2) is 7.24. The molecule has 0 aliphatic rings. The second-order valence-corrected chi connectivity index (χ2v) is 6.92. The zero-order valence-electron chi connectivity index (χ0n) is 15.0. The standard InChI is InChI=1S/C21H20N4O/c1-21(2,3)20-24-18(13-22)19(26-20)25-23-14-15-9-11-17(12-10-15)16-7-5-4-6-8-16/h4-12,14,25H,1-3H3. The quantitative estimate of drug-likeness (QED) is 0.536. The highest BCUT2D eigenvalue weighted by atomic mass is 16.4. The summed E-state index contributed by atoms with van der Waals surface area (Å²) >= 11 is 0. The first-order valence-electron chi connectivity index (χ1n) is 8.33. The van der Waals surface area contributed by atoms with Gasteiger partial charge in [-0.25, -0.2) is 5.43 Å². The zero-order chi connectivity index (χ0) is 18.6. The van der Waals surface area contributed by atoms with Crippen molar-refractivity contribution in [1.29, 1.82) is 5.26 Å². The summed E-state index contributed by atoms with van der Waals surface area (Å²) < 4.78 is 5.63. The maximum atomic E-state index is 9.19. The van der Waals surface area contributed by atoms with E-state index in [9.17, 15) is 5.26 Å². The van der Waals surface area contributed by atoms with E-state index in [0.29, 0.717) is 5.89 Å². The number of nitrogens with zero attached hydrogens (tertiary/aromatic N) is 3. The molecule has 1 aromatic heterocycles. The minimum Gasteiger partial charge on any atom is -0.421 e. The Morgan fingerprint density at radius 2 is 1.69 bits per heavy atom. The van der Waals surface area contributed by atoms with Crippen LogP contribution in [0.4, 0.5) is 5.88 Å². The normalized spacial score (nSPS) is 11.5. The number of hydrogen-bond donors (Lipinski definition) is 1. The summed E-state index contributed by atoms with van der Waals surface area (Å²) in [6, 6.07) is 20.3. The van der Waals surface area contributed by atoms with Crippen LogP contribution in [0.5, 0.6) is 0 Å². The maximum Gasteiger partial charge on any atom is 0.252 e. The van der Waals surface area contributed by atoms with Crippen LogP contribution in [0.3, 0.4) is 0 Å². The van der Waals surface area contributed by atoms with Crippen LogP contribution in [0.2, 0.25) is 0 Å². The van der Waals surface area contributed by atoms with Gasteiger partial charge < -0.3 is 4.42 Å². The Morgan fingerprint density at radius 1 is 1.04 bits per heavy atom. The van der Waals surface area contributed by atoms with E-state index >= 15 is 0 Å². The molecule has 3 aromatic rings. The number of hydrogen-bond acceptors (Lipinski definition) is 5. The number of aromatic nitrogens is 1. The third-order valence-corrected chi connectivity index (χ3v) is 3.77. The molecule has 0 saturated carbocycles. The zero-order valence-corrected chi connectivity index (χ0v) is 15.0. The average molecular weight is 344 g/mol. The van der Waals surface area contributed by atoms with Gasteiger partial charge >= 0.3 is 0 Å². The molecule has 0 spiro atoms. The van der Waals surface area contributed by atoms with Crippen LogP contribution in [0.25, 0.3) is 11.1 Å². The van der Waals surface area contributed by atoms with E-state index in [2.05, 4.69) is 27.6 Å². The Morgan fingerprint density at radius 3 is 2.31 bits per heavy atom. The lowest BCUT2D eigenvalue weighted by atomic mass is 9.97. The molecular weight excluding hydrogens is 324 g/mol. The first kappa shape index (κ1) is 17.4. The van der Waals surface area contributed by atoms with Gasteiger partial charge in [0.2, 0.25) is 11.6 Å². The third-order valence-electron chi connectivity index (χ3n) is 3.77. The minimum atomic E-state index is -0.275. The smallest absolute Gasteiger partial charge is 0.252 e. The lowest BCUT2D eigenvalue weighted by molar-refractivity contribution is 0.399. The molecule has 2 aromatic carbocycles. The molecular formula is C21H20N4O. The number of benzene rings is 2. The van der Waals surface area contributed by atoms with Crippen molar-refractivity contribution in [3.63, 3.8) is 0 Å². The molecule has 0 aliphatic heterocycles. The van der Waals surface area contributed by atoms with Gasteiger partial charge in [0.05, 0.1) is 6.21 Å². The molecule has 0 bridgehead atoms. The summed E-state index contributed by atoms with van der Waals surface area (Å²) in [5, 5.41) is 13.3. The van der Waals surface area contributed by atoms with Crippen molar-refractivity contribution in [1.82, 2.24) is 4.98 Å². The van der Waals surface area contributed by atoms with Crippen LogP contribution >= 0.6 is 0 Å². The predicted molar refractivity (Wildman–Crippen MR) is 103 cm³/mol. The van der Waals surface area contributed by atoms with Crippen LogP contribution < -0.4 is 5.43 Å². The van der Waals surface area contributed by atoms with Crippen LogP contribution in [-0.2, 0) is 5.41 Å². The molecule has 0 saturated heterocycles. The summed E-state index contributed by atoms with van der Waals surface area (Å²) in [6.07, 6.45) is 1.68. The van der Waals surface area contributed by atoms with E-state index in [1.54, 1.807) is 6.21 Å². The van der Waals surface area contributed by atoms with E-state index in [-0.39, 0.29) is 17.0 Å². The van der Waals surface area contributed by atoms with Crippen molar-refractivity contribution in [3.05, 3.63) is 71.7 Å². The molecule has 0 atom stereocenters. The Kier molecular flexibility index (Phi) is 4.85. The Labute approximate surface area is 153 Å². The molecule has 0 amide bonds. The van der Waals surface area contributed by atoms with Gasteiger partial charge in [0, 0.05) is 5.41 Å². The molecule has 3 rings (SSSR count). The number of nitrogens with one attached hydrogen (secondary N) is 1. The van der Waals surface area contributed by atoms with Crippen molar-refractivity contribution in [2.45, 2.75) is 26.2 Å². The fourth-order valence-electron chi connectivity index (χ4n) is 2.35. The topological polar surface area (TPSA) is 74.2 Å². The van der Waals surface area contributed by atoms with Gasteiger partial charge in [-0.1, -0.05) is 75.4 Å². The molecule has 26 heavy (non-hydrogen) atoms. The van der Waals surface area contributed by atoms with Crippen molar-refractivity contribution >= 4 is 12.1 Å². The van der Waals surface area contributed by atoms with Crippen LogP contribution in [0.15, 0.2) is 64.1 Å². The molecule has 5 nitrogen and oxygen atoms in total. The lowest BCUT2D eigenvalue weighted by Crippen LogP contribution is -2.11. The third kappa shape index (κ3) is 3.98. The number of hydrazone groups is 1. The van der Waals surface area contributed by atoms with Crippen LogP contribution in [0.1, 0.15) is 37.9 Å². The highest BCUT2D eigenvalue weighted by Crippen LogP contribution is 2.26. The van der Waals surface area contributed by atoms with Gasteiger partial charge in [0.1, 0.15) is 6.07 Å². The van der Waals surface area contributed by atoms with E-state index in [1.165, 1.54) is 5.56 Å². The molecule has 0 unspecified atom stereocenters. The number of anilines is 1. The summed E-state index contributed by atoms with van der Waals surface area (Å²) in [6.45, 7) is 5.92. The van der Waals surface area contributed by atoms with Crippen LogP contribution in [-0.4, -0.2) is 11.2 Å². The van der Waals surface area contributed by atoms with E-state index in [4.69, 9.17) is 4.42 Å². The van der Waals surface area contributed by atoms with E-state index in [0.717, 1.165) is 11.1 Å². The van der Waals surface area contributed by atoms with Crippen molar-refractivity contribution in [3.8, 4) is 17.2 Å².